The van der Waals surface area contributed by atoms with E-state index in [9.17, 15) is 23.5 Å². The summed E-state index contributed by atoms with van der Waals surface area (Å²) in [7, 11) is 1.51. The van der Waals surface area contributed by atoms with E-state index in [2.05, 4.69) is 23.6 Å². The molecule has 4 rings (SSSR count). The number of Topliss-reactive ketones (excluding diaryl/α,β-unsaturated/α-hetero) is 1. The van der Waals surface area contributed by atoms with Crippen molar-refractivity contribution in [3.63, 3.8) is 0 Å². The van der Waals surface area contributed by atoms with Crippen LogP contribution in [0.25, 0.3) is 11.0 Å². The van der Waals surface area contributed by atoms with Crippen LogP contribution in [0.2, 0.25) is 0 Å². The number of aliphatic hydroxyl groups is 1. The molecule has 0 aliphatic heterocycles. The van der Waals surface area contributed by atoms with Gasteiger partial charge >= 0.3 is 0 Å². The molecule has 1 aromatic heterocycles. The molecular formula is C32H34F2N2O5. The number of carbonyl (C=O) groups excluding carboxylic acids is 2. The van der Waals surface area contributed by atoms with Crippen molar-refractivity contribution in [1.82, 2.24) is 10.6 Å². The third kappa shape index (κ3) is 8.22. The summed E-state index contributed by atoms with van der Waals surface area (Å²) in [6, 6.07) is 17.2. The van der Waals surface area contributed by atoms with E-state index in [1.54, 1.807) is 24.3 Å². The highest BCUT2D eigenvalue weighted by Crippen LogP contribution is 2.29. The van der Waals surface area contributed by atoms with Crippen LogP contribution in [0.5, 0.6) is 5.75 Å². The monoisotopic (exact) mass is 564 g/mol. The van der Waals surface area contributed by atoms with Gasteiger partial charge < -0.3 is 24.9 Å². The quantitative estimate of drug-likeness (QED) is 0.184. The number of fused-ring (bicyclic) bond motifs is 1. The molecule has 41 heavy (non-hydrogen) atoms. The second-order valence-electron chi connectivity index (χ2n) is 9.94. The van der Waals surface area contributed by atoms with E-state index in [0.29, 0.717) is 23.3 Å². The predicted molar refractivity (Wildman–Crippen MR) is 152 cm³/mol. The van der Waals surface area contributed by atoms with E-state index < -0.39 is 29.7 Å². The Balaban J connectivity index is 1.39. The van der Waals surface area contributed by atoms with E-state index >= 15 is 0 Å². The summed E-state index contributed by atoms with van der Waals surface area (Å²) >= 11 is 0. The maximum Gasteiger partial charge on any atom is 0.220 e. The van der Waals surface area contributed by atoms with Crippen molar-refractivity contribution in [2.24, 2.45) is 0 Å². The minimum atomic E-state index is -1.07. The van der Waals surface area contributed by atoms with Gasteiger partial charge in [0.05, 0.1) is 19.3 Å². The molecule has 0 saturated heterocycles. The molecule has 4 aromatic rings. The highest BCUT2D eigenvalue weighted by Gasteiger charge is 2.23. The lowest BCUT2D eigenvalue weighted by molar-refractivity contribution is -0.122. The lowest BCUT2D eigenvalue weighted by atomic mass is 10.00. The number of benzene rings is 3. The summed E-state index contributed by atoms with van der Waals surface area (Å²) in [5, 5.41) is 17.6. The fourth-order valence-electron chi connectivity index (χ4n) is 4.70. The molecule has 0 spiro atoms. The Bertz CT molecular complexity index is 1480. The van der Waals surface area contributed by atoms with Crippen LogP contribution in [-0.2, 0) is 24.2 Å². The van der Waals surface area contributed by atoms with Gasteiger partial charge in [-0.1, -0.05) is 43.3 Å². The first-order valence-electron chi connectivity index (χ1n) is 13.6. The van der Waals surface area contributed by atoms with Crippen LogP contribution in [0.3, 0.4) is 0 Å². The summed E-state index contributed by atoms with van der Waals surface area (Å²) in [4.78, 5) is 25.6. The molecule has 0 aliphatic rings. The second kappa shape index (κ2) is 14.0. The first kappa shape index (κ1) is 29.9. The maximum atomic E-state index is 13.8. The number of ether oxygens (including phenoxy) is 1. The standard InChI is InChI=1S/C32H34F2N2O5/c1-3-20-6-4-7-21(12-20)18-35-19-28(38)26(15-22-13-24(33)17-25(34)14-22)36-31(39)11-10-27(37)30-16-23-8-5-9-29(40-2)32(23)41-30/h4-9,12-14,16-17,26,28,35,38H,3,10-11,15,18-19H2,1-2H3,(H,36,39). The molecule has 216 valence electrons. The number of para-hydroxylation sites is 1. The Morgan fingerprint density at radius 3 is 2.41 bits per heavy atom. The highest BCUT2D eigenvalue weighted by molar-refractivity contribution is 5.99. The predicted octanol–water partition coefficient (Wildman–Crippen LogP) is 5.12. The maximum absolute atomic E-state index is 13.8. The minimum Gasteiger partial charge on any atom is -0.493 e. The van der Waals surface area contributed by atoms with Gasteiger partial charge in [-0.25, -0.2) is 8.78 Å². The summed E-state index contributed by atoms with van der Waals surface area (Å²) in [5.41, 5.74) is 2.97. The normalized spacial score (nSPS) is 12.7. The van der Waals surface area contributed by atoms with E-state index in [0.717, 1.165) is 30.2 Å². The average Bonchev–Trinajstić information content (AvgIpc) is 3.40. The Morgan fingerprint density at radius 1 is 0.951 bits per heavy atom. The van der Waals surface area contributed by atoms with Crippen LogP contribution in [-0.4, -0.2) is 42.6 Å². The van der Waals surface area contributed by atoms with Crippen molar-refractivity contribution in [2.45, 2.75) is 51.3 Å². The van der Waals surface area contributed by atoms with E-state index in [1.165, 1.54) is 12.7 Å². The molecule has 0 fully saturated rings. The van der Waals surface area contributed by atoms with Crippen molar-refractivity contribution in [3.8, 4) is 5.75 Å². The lowest BCUT2D eigenvalue weighted by Gasteiger charge is -2.25. The molecule has 2 atom stereocenters. The minimum absolute atomic E-state index is 0.00803. The number of hydrogen-bond acceptors (Lipinski definition) is 6. The fraction of sp³-hybridized carbons (Fsp3) is 0.312. The van der Waals surface area contributed by atoms with Gasteiger partial charge in [0.25, 0.3) is 0 Å². The molecule has 0 radical (unpaired) electrons. The van der Waals surface area contributed by atoms with Crippen LogP contribution in [0.4, 0.5) is 8.78 Å². The van der Waals surface area contributed by atoms with Crippen LogP contribution in [0.1, 0.15) is 47.0 Å². The molecule has 3 N–H and O–H groups in total. The largest absolute Gasteiger partial charge is 0.493 e. The molecule has 9 heteroatoms. The topological polar surface area (TPSA) is 101 Å². The number of halogens is 2. The molecule has 1 amide bonds. The lowest BCUT2D eigenvalue weighted by Crippen LogP contribution is -2.48. The SMILES string of the molecule is CCc1cccc(CNCC(O)C(Cc2cc(F)cc(F)c2)NC(=O)CCC(=O)c2cc3cccc(OC)c3o2)c1. The summed E-state index contributed by atoms with van der Waals surface area (Å²) in [6.07, 6.45) is -0.464. The van der Waals surface area contributed by atoms with Gasteiger partial charge in [-0.05, 0) is 53.8 Å². The molecule has 0 bridgehead atoms. The van der Waals surface area contributed by atoms with Crippen molar-refractivity contribution < 1.29 is 32.6 Å². The number of ketones is 1. The van der Waals surface area contributed by atoms with Crippen LogP contribution in [0, 0.1) is 11.6 Å². The summed E-state index contributed by atoms with van der Waals surface area (Å²) < 4.78 is 38.6. The first-order valence-corrected chi connectivity index (χ1v) is 13.6. The molecule has 1 heterocycles. The molecule has 3 aromatic carbocycles. The Kier molecular flexibility index (Phi) is 10.2. The third-order valence-corrected chi connectivity index (χ3v) is 6.85. The number of rotatable bonds is 14. The van der Waals surface area contributed by atoms with Crippen LogP contribution in [0.15, 0.2) is 71.1 Å². The van der Waals surface area contributed by atoms with Crippen molar-refractivity contribution in [1.29, 1.82) is 0 Å². The molecular weight excluding hydrogens is 530 g/mol. The number of hydrogen-bond donors (Lipinski definition) is 3. The zero-order valence-corrected chi connectivity index (χ0v) is 23.1. The highest BCUT2D eigenvalue weighted by atomic mass is 19.1. The number of amides is 1. The van der Waals surface area contributed by atoms with Gasteiger partial charge in [0.1, 0.15) is 11.6 Å². The Morgan fingerprint density at radius 2 is 1.68 bits per heavy atom. The first-order chi connectivity index (χ1) is 19.7. The van der Waals surface area contributed by atoms with Crippen molar-refractivity contribution in [3.05, 3.63) is 101 Å². The van der Waals surface area contributed by atoms with E-state index in [4.69, 9.17) is 9.15 Å². The van der Waals surface area contributed by atoms with Gasteiger partial charge in [0.15, 0.2) is 22.9 Å². The van der Waals surface area contributed by atoms with Crippen LogP contribution < -0.4 is 15.4 Å². The van der Waals surface area contributed by atoms with Gasteiger partial charge in [-0.2, -0.15) is 0 Å². The average molecular weight is 565 g/mol. The Labute approximate surface area is 237 Å². The number of methoxy groups -OCH3 is 1. The van der Waals surface area contributed by atoms with Gasteiger partial charge in [0, 0.05) is 37.4 Å². The van der Waals surface area contributed by atoms with E-state index in [1.807, 2.05) is 18.2 Å². The van der Waals surface area contributed by atoms with E-state index in [-0.39, 0.29) is 42.9 Å². The second-order valence-corrected chi connectivity index (χ2v) is 9.94. The number of aryl methyl sites for hydroxylation is 1. The number of carbonyl (C=O) groups is 2. The number of furan rings is 1. The molecule has 0 aliphatic carbocycles. The summed E-state index contributed by atoms with van der Waals surface area (Å²) in [5.74, 6) is -1.73. The molecule has 7 nitrogen and oxygen atoms in total. The summed E-state index contributed by atoms with van der Waals surface area (Å²) in [6.45, 7) is 2.69. The zero-order chi connectivity index (χ0) is 29.4. The smallest absolute Gasteiger partial charge is 0.220 e. The fourth-order valence-corrected chi connectivity index (χ4v) is 4.70. The zero-order valence-electron chi connectivity index (χ0n) is 23.1. The van der Waals surface area contributed by atoms with Crippen molar-refractivity contribution >= 4 is 22.7 Å². The number of aliphatic hydroxyl groups excluding tert-OH is 1. The van der Waals surface area contributed by atoms with Gasteiger partial charge in [0.2, 0.25) is 5.91 Å². The molecule has 0 saturated carbocycles. The Hall–Kier alpha value is -4.08. The van der Waals surface area contributed by atoms with Crippen molar-refractivity contribution in [2.75, 3.05) is 13.7 Å². The van der Waals surface area contributed by atoms with Crippen LogP contribution >= 0.6 is 0 Å². The van der Waals surface area contributed by atoms with Gasteiger partial charge in [-0.15, -0.1) is 0 Å². The van der Waals surface area contributed by atoms with Gasteiger partial charge in [-0.3, -0.25) is 9.59 Å². The number of nitrogens with one attached hydrogen (secondary N) is 2. The third-order valence-electron chi connectivity index (χ3n) is 6.85. The molecule has 2 unspecified atom stereocenters.